The van der Waals surface area contributed by atoms with Crippen molar-refractivity contribution in [3.05, 3.63) is 88.4 Å². The molecule has 2 amide bonds. The molecule has 1 atom stereocenters. The Bertz CT molecular complexity index is 1520. The standard InChI is InChI=1S/C32H40ClN3O5S/c1-8-27(31(38)34-32(4,5)6)35(20-24-11-9-10-23(3)18-24)30(37)21-36(28-19-25(33)14-17-29(28)41-7)42(39,40)26-15-12-22(2)13-16-26/h9-19,27H,8,20-21H2,1-7H3,(H,34,38)/t27-/m1/s1. The maximum absolute atomic E-state index is 14.3. The number of nitrogens with one attached hydrogen (secondary N) is 1. The molecule has 0 unspecified atom stereocenters. The fraction of sp³-hybridized carbons (Fsp3) is 0.375. The van der Waals surface area contributed by atoms with Gasteiger partial charge in [0.2, 0.25) is 11.8 Å². The molecule has 0 aliphatic heterocycles. The Hall–Kier alpha value is -3.56. The average molecular weight is 614 g/mol. The fourth-order valence-corrected chi connectivity index (χ4v) is 6.17. The highest BCUT2D eigenvalue weighted by molar-refractivity contribution is 7.92. The number of methoxy groups -OCH3 is 1. The predicted molar refractivity (Wildman–Crippen MR) is 167 cm³/mol. The lowest BCUT2D eigenvalue weighted by Crippen LogP contribution is -2.55. The SMILES string of the molecule is CC[C@H](C(=O)NC(C)(C)C)N(Cc1cccc(C)c1)C(=O)CN(c1cc(Cl)ccc1OC)S(=O)(=O)c1ccc(C)cc1. The molecule has 0 saturated carbocycles. The van der Waals surface area contributed by atoms with E-state index in [1.165, 1.54) is 30.2 Å². The van der Waals surface area contributed by atoms with Crippen LogP contribution in [-0.4, -0.2) is 50.4 Å². The lowest BCUT2D eigenvalue weighted by atomic mass is 10.0. The average Bonchev–Trinajstić information content (AvgIpc) is 2.90. The van der Waals surface area contributed by atoms with E-state index < -0.39 is 34.1 Å². The van der Waals surface area contributed by atoms with Crippen LogP contribution in [0.4, 0.5) is 5.69 Å². The van der Waals surface area contributed by atoms with Gasteiger partial charge >= 0.3 is 0 Å². The summed E-state index contributed by atoms with van der Waals surface area (Å²) >= 11 is 6.31. The van der Waals surface area contributed by atoms with E-state index in [9.17, 15) is 18.0 Å². The normalized spacial score (nSPS) is 12.4. The van der Waals surface area contributed by atoms with E-state index >= 15 is 0 Å². The summed E-state index contributed by atoms with van der Waals surface area (Å²) in [5, 5.41) is 3.25. The smallest absolute Gasteiger partial charge is 0.264 e. The highest BCUT2D eigenvalue weighted by Gasteiger charge is 2.35. The van der Waals surface area contributed by atoms with Crippen molar-refractivity contribution in [1.82, 2.24) is 10.2 Å². The van der Waals surface area contributed by atoms with Crippen molar-refractivity contribution in [2.24, 2.45) is 0 Å². The van der Waals surface area contributed by atoms with Gasteiger partial charge in [0.05, 0.1) is 17.7 Å². The third-order valence-electron chi connectivity index (χ3n) is 6.62. The zero-order valence-corrected chi connectivity index (χ0v) is 26.8. The molecule has 42 heavy (non-hydrogen) atoms. The second kappa shape index (κ2) is 13.6. The number of hydrogen-bond donors (Lipinski definition) is 1. The van der Waals surface area contributed by atoms with Crippen LogP contribution >= 0.6 is 11.6 Å². The molecule has 0 heterocycles. The van der Waals surface area contributed by atoms with Crippen molar-refractivity contribution < 1.29 is 22.7 Å². The Kier molecular flexibility index (Phi) is 10.7. The summed E-state index contributed by atoms with van der Waals surface area (Å²) in [6, 6.07) is 17.8. The summed E-state index contributed by atoms with van der Waals surface area (Å²) in [6.07, 6.45) is 0.324. The van der Waals surface area contributed by atoms with Crippen LogP contribution in [0.2, 0.25) is 5.02 Å². The van der Waals surface area contributed by atoms with Gasteiger partial charge in [0.25, 0.3) is 10.0 Å². The minimum Gasteiger partial charge on any atom is -0.495 e. The zero-order chi connectivity index (χ0) is 31.2. The second-order valence-corrected chi connectivity index (χ2v) is 13.6. The molecule has 0 aromatic heterocycles. The van der Waals surface area contributed by atoms with Gasteiger partial charge < -0.3 is 15.0 Å². The first-order chi connectivity index (χ1) is 19.7. The van der Waals surface area contributed by atoms with Crippen molar-refractivity contribution >= 4 is 39.1 Å². The molecule has 226 valence electrons. The van der Waals surface area contributed by atoms with Gasteiger partial charge in [-0.15, -0.1) is 0 Å². The first-order valence-corrected chi connectivity index (χ1v) is 15.6. The number of ether oxygens (including phenoxy) is 1. The number of sulfonamides is 1. The van der Waals surface area contributed by atoms with E-state index in [0.717, 1.165) is 21.0 Å². The molecule has 0 radical (unpaired) electrons. The van der Waals surface area contributed by atoms with Gasteiger partial charge in [0, 0.05) is 17.1 Å². The van der Waals surface area contributed by atoms with Crippen molar-refractivity contribution in [3.8, 4) is 5.75 Å². The molecule has 10 heteroatoms. The van der Waals surface area contributed by atoms with Gasteiger partial charge in [0.15, 0.2) is 0 Å². The third kappa shape index (κ3) is 8.26. The van der Waals surface area contributed by atoms with E-state index in [-0.39, 0.29) is 33.8 Å². The van der Waals surface area contributed by atoms with Gasteiger partial charge in [-0.1, -0.05) is 66.0 Å². The molecule has 0 bridgehead atoms. The maximum Gasteiger partial charge on any atom is 0.264 e. The highest BCUT2D eigenvalue weighted by atomic mass is 35.5. The van der Waals surface area contributed by atoms with Crippen molar-refractivity contribution in [1.29, 1.82) is 0 Å². The number of anilines is 1. The summed E-state index contributed by atoms with van der Waals surface area (Å²) in [4.78, 5) is 29.2. The molecule has 1 N–H and O–H groups in total. The van der Waals surface area contributed by atoms with Gasteiger partial charge in [-0.3, -0.25) is 13.9 Å². The number of carbonyl (C=O) groups excluding carboxylic acids is 2. The van der Waals surface area contributed by atoms with Crippen LogP contribution in [0.25, 0.3) is 0 Å². The molecular weight excluding hydrogens is 574 g/mol. The van der Waals surface area contributed by atoms with Gasteiger partial charge in [0.1, 0.15) is 18.3 Å². The summed E-state index contributed by atoms with van der Waals surface area (Å²) < 4.78 is 34.7. The second-order valence-electron chi connectivity index (χ2n) is 11.3. The quantitative estimate of drug-likeness (QED) is 0.291. The van der Waals surface area contributed by atoms with Gasteiger partial charge in [-0.05, 0) is 76.9 Å². The Balaban J connectivity index is 2.15. The summed E-state index contributed by atoms with van der Waals surface area (Å²) in [6.45, 7) is 10.8. The number of rotatable bonds is 11. The van der Waals surface area contributed by atoms with Crippen molar-refractivity contribution in [2.45, 2.75) is 71.0 Å². The monoisotopic (exact) mass is 613 g/mol. The molecule has 0 saturated heterocycles. The largest absolute Gasteiger partial charge is 0.495 e. The number of benzene rings is 3. The van der Waals surface area contributed by atoms with Crippen LogP contribution in [0, 0.1) is 13.8 Å². The Morgan fingerprint density at radius 1 is 0.976 bits per heavy atom. The predicted octanol–water partition coefficient (Wildman–Crippen LogP) is 5.88. The van der Waals surface area contributed by atoms with E-state index in [1.54, 1.807) is 24.3 Å². The number of nitrogens with zero attached hydrogens (tertiary/aromatic N) is 2. The van der Waals surface area contributed by atoms with Crippen LogP contribution in [0.5, 0.6) is 5.75 Å². The first-order valence-electron chi connectivity index (χ1n) is 13.8. The van der Waals surface area contributed by atoms with Gasteiger partial charge in [-0.25, -0.2) is 8.42 Å². The molecule has 0 fully saturated rings. The van der Waals surface area contributed by atoms with E-state index in [0.29, 0.717) is 6.42 Å². The molecule has 3 aromatic carbocycles. The zero-order valence-electron chi connectivity index (χ0n) is 25.3. The molecule has 8 nitrogen and oxygen atoms in total. The highest BCUT2D eigenvalue weighted by Crippen LogP contribution is 2.35. The first kappa shape index (κ1) is 32.9. The van der Waals surface area contributed by atoms with Crippen LogP contribution < -0.4 is 14.4 Å². The van der Waals surface area contributed by atoms with E-state index in [2.05, 4.69) is 5.32 Å². The van der Waals surface area contributed by atoms with Crippen molar-refractivity contribution in [2.75, 3.05) is 18.0 Å². The topological polar surface area (TPSA) is 96.0 Å². The fourth-order valence-electron chi connectivity index (χ4n) is 4.59. The minimum absolute atomic E-state index is 0.00526. The molecule has 3 aromatic rings. The lowest BCUT2D eigenvalue weighted by Gasteiger charge is -2.35. The summed E-state index contributed by atoms with van der Waals surface area (Å²) in [7, 11) is -2.85. The lowest BCUT2D eigenvalue weighted by molar-refractivity contribution is -0.141. The summed E-state index contributed by atoms with van der Waals surface area (Å²) in [5.74, 6) is -0.643. The number of halogens is 1. The Morgan fingerprint density at radius 2 is 1.64 bits per heavy atom. The van der Waals surface area contributed by atoms with Crippen molar-refractivity contribution in [3.63, 3.8) is 0 Å². The number of aryl methyl sites for hydroxylation is 2. The minimum atomic E-state index is -4.26. The number of carbonyl (C=O) groups is 2. The molecular formula is C32H40ClN3O5S. The number of amides is 2. The Labute approximate surface area is 254 Å². The van der Waals surface area contributed by atoms with Crippen LogP contribution in [-0.2, 0) is 26.2 Å². The number of hydrogen-bond acceptors (Lipinski definition) is 5. The molecule has 0 aliphatic carbocycles. The molecule has 0 spiro atoms. The van der Waals surface area contributed by atoms with Gasteiger partial charge in [-0.2, -0.15) is 0 Å². The van der Waals surface area contributed by atoms with E-state index in [4.69, 9.17) is 16.3 Å². The molecule has 0 aliphatic rings. The van der Waals surface area contributed by atoms with E-state index in [1.807, 2.05) is 65.8 Å². The molecule has 3 rings (SSSR count). The maximum atomic E-state index is 14.3. The Morgan fingerprint density at radius 3 is 2.21 bits per heavy atom. The summed E-state index contributed by atoms with van der Waals surface area (Å²) in [5.41, 5.74) is 2.29. The van der Waals surface area contributed by atoms with Crippen LogP contribution in [0.3, 0.4) is 0 Å². The van der Waals surface area contributed by atoms with Crippen LogP contribution in [0.15, 0.2) is 71.6 Å². The van der Waals surface area contributed by atoms with Crippen LogP contribution in [0.1, 0.15) is 50.8 Å². The third-order valence-corrected chi connectivity index (χ3v) is 8.63.